The van der Waals surface area contributed by atoms with Crippen molar-refractivity contribution in [3.05, 3.63) is 21.3 Å². The molecule has 0 fully saturated rings. The Morgan fingerprint density at radius 3 is 2.06 bits per heavy atom. The molecule has 0 N–H and O–H groups in total. The number of rotatable bonds is 1. The lowest BCUT2D eigenvalue weighted by Crippen LogP contribution is -1.96. The Kier molecular flexibility index (Phi) is 5.85. The highest BCUT2D eigenvalue weighted by molar-refractivity contribution is 7.98. The quantitative estimate of drug-likeness (QED) is 0.324. The van der Waals surface area contributed by atoms with E-state index in [4.69, 9.17) is 34.8 Å². The molecule has 0 bridgehead atoms. The molecular formula is C10H9Cl3FN3S. The minimum Gasteiger partial charge on any atom is -0.220 e. The number of thioether (sulfide) groups is 1. The van der Waals surface area contributed by atoms with E-state index in [1.807, 2.05) is 13.8 Å². The van der Waals surface area contributed by atoms with Crippen LogP contribution >= 0.6 is 46.6 Å². The Labute approximate surface area is 123 Å². The van der Waals surface area contributed by atoms with E-state index in [0.29, 0.717) is 5.16 Å². The maximum Gasteiger partial charge on any atom is 0.189 e. The summed E-state index contributed by atoms with van der Waals surface area (Å²) in [5.41, 5.74) is -0.0191. The van der Waals surface area contributed by atoms with Gasteiger partial charge in [-0.15, -0.1) is 0 Å². The fourth-order valence-corrected chi connectivity index (χ4v) is 2.34. The lowest BCUT2D eigenvalue weighted by Gasteiger charge is -2.05. The van der Waals surface area contributed by atoms with E-state index in [-0.39, 0.29) is 26.4 Å². The lowest BCUT2D eigenvalue weighted by atomic mass is 10.3. The molecule has 2 aromatic rings. The number of hydrogen-bond acceptors (Lipinski definition) is 4. The van der Waals surface area contributed by atoms with Gasteiger partial charge >= 0.3 is 0 Å². The molecule has 8 heteroatoms. The highest BCUT2D eigenvalue weighted by Gasteiger charge is 2.17. The molecule has 0 amide bonds. The summed E-state index contributed by atoms with van der Waals surface area (Å²) in [6, 6.07) is 0. The summed E-state index contributed by atoms with van der Waals surface area (Å²) in [5.74, 6) is -0.749. The van der Waals surface area contributed by atoms with Crippen molar-refractivity contribution < 1.29 is 4.39 Å². The van der Waals surface area contributed by atoms with Crippen LogP contribution in [0, 0.1) is 5.82 Å². The Hall–Kier alpha value is -0.360. The molecule has 0 saturated carbocycles. The molecule has 0 saturated heterocycles. The predicted molar refractivity (Wildman–Crippen MR) is 75.5 cm³/mol. The van der Waals surface area contributed by atoms with Crippen LogP contribution in [0.5, 0.6) is 0 Å². The van der Waals surface area contributed by atoms with Gasteiger partial charge in [-0.25, -0.2) is 19.3 Å². The zero-order chi connectivity index (χ0) is 13.9. The Balaban J connectivity index is 0.000000771. The molecule has 0 spiro atoms. The molecule has 0 aliphatic rings. The van der Waals surface area contributed by atoms with Crippen molar-refractivity contribution in [2.75, 3.05) is 6.26 Å². The molecule has 0 atom stereocenters. The second kappa shape index (κ2) is 6.70. The number of nitrogens with zero attached hydrogens (tertiary/aromatic N) is 3. The summed E-state index contributed by atoms with van der Waals surface area (Å²) in [5, 5.41) is 0.221. The van der Waals surface area contributed by atoms with Crippen LogP contribution in [-0.2, 0) is 0 Å². The summed E-state index contributed by atoms with van der Waals surface area (Å²) < 4.78 is 13.7. The van der Waals surface area contributed by atoms with Crippen molar-refractivity contribution in [3.8, 4) is 0 Å². The Morgan fingerprint density at radius 1 is 0.944 bits per heavy atom. The predicted octanol–water partition coefficient (Wildman–Crippen LogP) is 4.87. The number of pyridine rings is 1. The van der Waals surface area contributed by atoms with Gasteiger partial charge in [0.1, 0.15) is 15.8 Å². The van der Waals surface area contributed by atoms with E-state index < -0.39 is 5.82 Å². The van der Waals surface area contributed by atoms with Crippen LogP contribution in [0.1, 0.15) is 13.8 Å². The average Bonchev–Trinajstić information content (AvgIpc) is 2.37. The molecule has 0 aromatic carbocycles. The van der Waals surface area contributed by atoms with E-state index in [2.05, 4.69) is 15.0 Å². The zero-order valence-corrected chi connectivity index (χ0v) is 12.8. The molecular weight excluding hydrogens is 320 g/mol. The summed E-state index contributed by atoms with van der Waals surface area (Å²) in [7, 11) is 0. The third-order valence-corrected chi connectivity index (χ3v) is 3.16. The van der Waals surface area contributed by atoms with Crippen molar-refractivity contribution in [2.24, 2.45) is 0 Å². The third kappa shape index (κ3) is 2.96. The number of hydrogen-bond donors (Lipinski definition) is 0. The van der Waals surface area contributed by atoms with Gasteiger partial charge in [0.2, 0.25) is 0 Å². The minimum absolute atomic E-state index is 0.0148. The van der Waals surface area contributed by atoms with E-state index in [9.17, 15) is 4.39 Å². The van der Waals surface area contributed by atoms with Gasteiger partial charge < -0.3 is 0 Å². The van der Waals surface area contributed by atoms with Crippen molar-refractivity contribution in [2.45, 2.75) is 19.0 Å². The van der Waals surface area contributed by atoms with Crippen LogP contribution in [0.25, 0.3) is 10.9 Å². The lowest BCUT2D eigenvalue weighted by molar-refractivity contribution is 0.629. The van der Waals surface area contributed by atoms with E-state index >= 15 is 0 Å². The molecule has 2 aromatic heterocycles. The van der Waals surface area contributed by atoms with E-state index in [0.717, 1.165) is 0 Å². The zero-order valence-electron chi connectivity index (χ0n) is 9.76. The normalized spacial score (nSPS) is 10.2. The molecule has 18 heavy (non-hydrogen) atoms. The summed E-state index contributed by atoms with van der Waals surface area (Å²) in [6.07, 6.45) is 1.75. The highest BCUT2D eigenvalue weighted by Crippen LogP contribution is 2.32. The van der Waals surface area contributed by atoms with Gasteiger partial charge in [-0.05, 0) is 6.26 Å². The number of aromatic nitrogens is 3. The van der Waals surface area contributed by atoms with Crippen molar-refractivity contribution in [3.63, 3.8) is 0 Å². The van der Waals surface area contributed by atoms with E-state index in [1.165, 1.54) is 11.8 Å². The first-order chi connectivity index (χ1) is 8.54. The molecule has 0 aliphatic heterocycles. The molecule has 0 radical (unpaired) electrons. The van der Waals surface area contributed by atoms with Crippen molar-refractivity contribution in [1.82, 2.24) is 15.0 Å². The van der Waals surface area contributed by atoms with Gasteiger partial charge in [-0.1, -0.05) is 60.4 Å². The van der Waals surface area contributed by atoms with Crippen LogP contribution in [0.4, 0.5) is 4.39 Å². The fourth-order valence-electron chi connectivity index (χ4n) is 1.14. The highest BCUT2D eigenvalue weighted by atomic mass is 35.5. The standard InChI is InChI=1S/C8H3Cl3FN3S.C2H6/c1-16-8-13-4-2(6(10)15-8)5(9)14-7(11)3(4)12;1-2/h1H3;1-2H3. The summed E-state index contributed by atoms with van der Waals surface area (Å²) in [6.45, 7) is 4.00. The van der Waals surface area contributed by atoms with Gasteiger partial charge in [-0.2, -0.15) is 0 Å². The van der Waals surface area contributed by atoms with Crippen LogP contribution < -0.4 is 0 Å². The number of fused-ring (bicyclic) bond motifs is 1. The van der Waals surface area contributed by atoms with Gasteiger partial charge in [-0.3, -0.25) is 0 Å². The first-order valence-corrected chi connectivity index (χ1v) is 7.32. The van der Waals surface area contributed by atoms with E-state index in [1.54, 1.807) is 6.26 Å². The molecule has 2 rings (SSSR count). The van der Waals surface area contributed by atoms with Gasteiger partial charge in [0.25, 0.3) is 0 Å². The molecule has 98 valence electrons. The SMILES string of the molecule is CC.CSc1nc(Cl)c2c(Cl)nc(Cl)c(F)c2n1. The smallest absolute Gasteiger partial charge is 0.189 e. The minimum atomic E-state index is -0.749. The van der Waals surface area contributed by atoms with Gasteiger partial charge in [0.05, 0.1) is 5.39 Å². The van der Waals surface area contributed by atoms with Crippen molar-refractivity contribution in [1.29, 1.82) is 0 Å². The third-order valence-electron chi connectivity index (χ3n) is 1.82. The maximum atomic E-state index is 13.7. The van der Waals surface area contributed by atoms with Crippen LogP contribution in [0.3, 0.4) is 0 Å². The molecule has 2 heterocycles. The van der Waals surface area contributed by atoms with Crippen LogP contribution in [0.15, 0.2) is 5.16 Å². The number of halogens is 4. The second-order valence-electron chi connectivity index (χ2n) is 2.73. The average molecular weight is 329 g/mol. The first-order valence-electron chi connectivity index (χ1n) is 4.96. The Bertz CT molecular complexity index is 580. The Morgan fingerprint density at radius 2 is 1.50 bits per heavy atom. The van der Waals surface area contributed by atoms with Gasteiger partial charge in [0, 0.05) is 0 Å². The molecule has 0 aliphatic carbocycles. The van der Waals surface area contributed by atoms with Crippen LogP contribution in [0.2, 0.25) is 15.5 Å². The van der Waals surface area contributed by atoms with Crippen LogP contribution in [-0.4, -0.2) is 21.2 Å². The second-order valence-corrected chi connectivity index (χ2v) is 4.58. The van der Waals surface area contributed by atoms with Crippen molar-refractivity contribution >= 4 is 57.5 Å². The van der Waals surface area contributed by atoms with Gasteiger partial charge in [0.15, 0.2) is 16.1 Å². The first kappa shape index (κ1) is 15.7. The largest absolute Gasteiger partial charge is 0.220 e. The molecule has 0 unspecified atom stereocenters. The summed E-state index contributed by atoms with van der Waals surface area (Å²) >= 11 is 18.5. The monoisotopic (exact) mass is 327 g/mol. The maximum absolute atomic E-state index is 13.7. The molecule has 3 nitrogen and oxygen atoms in total. The topological polar surface area (TPSA) is 38.7 Å². The fraction of sp³-hybridized carbons (Fsp3) is 0.300. The summed E-state index contributed by atoms with van der Waals surface area (Å²) in [4.78, 5) is 11.5.